The molecule has 130 valence electrons. The Morgan fingerprint density at radius 3 is 2.46 bits per heavy atom. The Hall–Kier alpha value is -2.56. The number of aromatic nitrogens is 2. The maximum Gasteiger partial charge on any atom is 0.138 e. The normalized spacial score (nSPS) is 12.4. The molecular weight excluding hydrogens is 338 g/mol. The molecule has 0 amide bonds. The number of thioether (sulfide) groups is 1. The Morgan fingerprint density at radius 2 is 1.69 bits per heavy atom. The quantitative estimate of drug-likeness (QED) is 0.504. The predicted octanol–water partition coefficient (Wildman–Crippen LogP) is 5.10. The fourth-order valence-electron chi connectivity index (χ4n) is 2.97. The van der Waals surface area contributed by atoms with Crippen molar-refractivity contribution in [2.75, 3.05) is 5.75 Å². The van der Waals surface area contributed by atoms with Gasteiger partial charge < -0.3 is 5.73 Å². The molecule has 4 heteroatoms. The number of hydrogen-bond acceptors (Lipinski definition) is 3. The van der Waals surface area contributed by atoms with Gasteiger partial charge in [-0.1, -0.05) is 66.2 Å². The summed E-state index contributed by atoms with van der Waals surface area (Å²) in [7, 11) is 0. The van der Waals surface area contributed by atoms with E-state index in [4.69, 9.17) is 10.7 Å². The van der Waals surface area contributed by atoms with Gasteiger partial charge in [0.1, 0.15) is 16.4 Å². The molecule has 0 radical (unpaired) electrons. The van der Waals surface area contributed by atoms with Crippen LogP contribution in [-0.2, 0) is 0 Å². The van der Waals surface area contributed by atoms with Crippen LogP contribution in [0.1, 0.15) is 17.2 Å². The highest BCUT2D eigenvalue weighted by Crippen LogP contribution is 2.33. The summed E-state index contributed by atoms with van der Waals surface area (Å²) >= 11 is 1.76. The van der Waals surface area contributed by atoms with Gasteiger partial charge in [0.05, 0.1) is 0 Å². The van der Waals surface area contributed by atoms with E-state index in [1.165, 1.54) is 5.56 Å². The summed E-state index contributed by atoms with van der Waals surface area (Å²) < 4.78 is 2.15. The third kappa shape index (κ3) is 3.39. The molecule has 2 aromatic heterocycles. The molecule has 3 nitrogen and oxygen atoms in total. The van der Waals surface area contributed by atoms with Gasteiger partial charge in [0.15, 0.2) is 0 Å². The van der Waals surface area contributed by atoms with Crippen LogP contribution in [-0.4, -0.2) is 15.1 Å². The highest BCUT2D eigenvalue weighted by atomic mass is 32.2. The second-order valence-electron chi connectivity index (χ2n) is 6.39. The zero-order chi connectivity index (χ0) is 17.9. The Kier molecular flexibility index (Phi) is 4.78. The summed E-state index contributed by atoms with van der Waals surface area (Å²) in [5.41, 5.74) is 12.0. The lowest BCUT2D eigenvalue weighted by atomic mass is 10.1. The summed E-state index contributed by atoms with van der Waals surface area (Å²) in [5, 5.41) is 1.13. The van der Waals surface area contributed by atoms with Crippen LogP contribution in [0.4, 0.5) is 0 Å². The molecule has 0 aliphatic rings. The molecule has 1 atom stereocenters. The third-order valence-electron chi connectivity index (χ3n) is 4.44. The molecular formula is C22H21N3S. The Labute approximate surface area is 157 Å². The van der Waals surface area contributed by atoms with Crippen molar-refractivity contribution in [1.29, 1.82) is 0 Å². The second kappa shape index (κ2) is 7.36. The fraction of sp³-hybridized carbons (Fsp3) is 0.136. The topological polar surface area (TPSA) is 43.3 Å². The van der Waals surface area contributed by atoms with E-state index in [0.717, 1.165) is 33.2 Å². The van der Waals surface area contributed by atoms with Gasteiger partial charge in [-0.15, -0.1) is 11.8 Å². The molecule has 2 heterocycles. The van der Waals surface area contributed by atoms with Crippen molar-refractivity contribution in [3.05, 3.63) is 90.1 Å². The number of hydrogen-bond donors (Lipinski definition) is 1. The minimum absolute atomic E-state index is 0.0153. The first-order valence-corrected chi connectivity index (χ1v) is 9.68. The molecule has 0 aliphatic heterocycles. The van der Waals surface area contributed by atoms with Crippen LogP contribution in [0.5, 0.6) is 0 Å². The average Bonchev–Trinajstić information content (AvgIpc) is 3.06. The second-order valence-corrected chi connectivity index (χ2v) is 7.40. The number of nitrogens with two attached hydrogens (primary N) is 1. The molecule has 0 aliphatic carbocycles. The van der Waals surface area contributed by atoms with Crippen LogP contribution < -0.4 is 5.73 Å². The molecule has 26 heavy (non-hydrogen) atoms. The highest BCUT2D eigenvalue weighted by Gasteiger charge is 2.16. The molecule has 1 unspecified atom stereocenters. The largest absolute Gasteiger partial charge is 0.323 e. The summed E-state index contributed by atoms with van der Waals surface area (Å²) in [6, 6.07) is 24.9. The van der Waals surface area contributed by atoms with Crippen molar-refractivity contribution in [2.24, 2.45) is 5.73 Å². The zero-order valence-corrected chi connectivity index (χ0v) is 15.5. The lowest BCUT2D eigenvalue weighted by molar-refractivity contribution is 0.829. The Morgan fingerprint density at radius 1 is 0.962 bits per heavy atom. The smallest absolute Gasteiger partial charge is 0.138 e. The average molecular weight is 359 g/mol. The number of benzene rings is 2. The van der Waals surface area contributed by atoms with Gasteiger partial charge in [0, 0.05) is 23.6 Å². The summed E-state index contributed by atoms with van der Waals surface area (Å²) in [5.74, 6) is 0.797. The lowest BCUT2D eigenvalue weighted by Crippen LogP contribution is -2.13. The highest BCUT2D eigenvalue weighted by molar-refractivity contribution is 7.99. The minimum Gasteiger partial charge on any atom is -0.323 e. The first-order chi connectivity index (χ1) is 12.7. The van der Waals surface area contributed by atoms with Gasteiger partial charge in [-0.3, -0.25) is 4.40 Å². The van der Waals surface area contributed by atoms with Crippen molar-refractivity contribution >= 4 is 17.4 Å². The van der Waals surface area contributed by atoms with Crippen LogP contribution in [0.25, 0.3) is 16.9 Å². The van der Waals surface area contributed by atoms with Gasteiger partial charge in [0.2, 0.25) is 0 Å². The molecule has 0 fully saturated rings. The predicted molar refractivity (Wildman–Crippen MR) is 109 cm³/mol. The van der Waals surface area contributed by atoms with E-state index in [1.54, 1.807) is 11.8 Å². The summed E-state index contributed by atoms with van der Waals surface area (Å²) in [4.78, 5) is 4.85. The molecule has 0 saturated carbocycles. The number of nitrogens with zero attached hydrogens (tertiary/aromatic N) is 2. The lowest BCUT2D eigenvalue weighted by Gasteiger charge is -2.13. The van der Waals surface area contributed by atoms with Crippen LogP contribution in [0, 0.1) is 6.92 Å². The van der Waals surface area contributed by atoms with E-state index in [9.17, 15) is 0 Å². The first kappa shape index (κ1) is 16.9. The monoisotopic (exact) mass is 359 g/mol. The first-order valence-electron chi connectivity index (χ1n) is 8.70. The Bertz CT molecular complexity index is 1010. The number of aryl methyl sites for hydroxylation is 1. The van der Waals surface area contributed by atoms with E-state index in [0.29, 0.717) is 0 Å². The van der Waals surface area contributed by atoms with Crippen LogP contribution in [0.3, 0.4) is 0 Å². The maximum atomic E-state index is 6.44. The molecule has 2 aromatic carbocycles. The van der Waals surface area contributed by atoms with Crippen LogP contribution >= 0.6 is 11.8 Å². The minimum atomic E-state index is -0.0153. The molecule has 4 aromatic rings. The number of fused-ring (bicyclic) bond motifs is 1. The molecule has 0 bridgehead atoms. The van der Waals surface area contributed by atoms with Crippen molar-refractivity contribution in [2.45, 2.75) is 18.0 Å². The van der Waals surface area contributed by atoms with Gasteiger partial charge in [-0.2, -0.15) is 0 Å². The molecule has 4 rings (SSSR count). The van der Waals surface area contributed by atoms with E-state index in [2.05, 4.69) is 53.9 Å². The fourth-order valence-corrected chi connectivity index (χ4v) is 4.10. The van der Waals surface area contributed by atoms with Gasteiger partial charge in [0.25, 0.3) is 0 Å². The van der Waals surface area contributed by atoms with Crippen molar-refractivity contribution in [3.8, 4) is 11.3 Å². The van der Waals surface area contributed by atoms with E-state index < -0.39 is 0 Å². The number of rotatable bonds is 5. The van der Waals surface area contributed by atoms with Crippen LogP contribution in [0.2, 0.25) is 0 Å². The SMILES string of the molecule is Cc1ccc(C(N)CSc2c(-c3ccccc3)nc3ccccn23)cc1. The van der Waals surface area contributed by atoms with Crippen molar-refractivity contribution in [3.63, 3.8) is 0 Å². The Balaban J connectivity index is 1.66. The number of imidazole rings is 1. The van der Waals surface area contributed by atoms with Gasteiger partial charge in [-0.05, 0) is 24.6 Å². The zero-order valence-electron chi connectivity index (χ0n) is 14.7. The molecule has 0 saturated heterocycles. The standard InChI is InChI=1S/C22H21N3S/c1-16-10-12-17(13-11-16)19(23)15-26-22-21(18-7-3-2-4-8-18)24-20-9-5-6-14-25(20)22/h2-14,19H,15,23H2,1H3. The van der Waals surface area contributed by atoms with E-state index in [1.807, 2.05) is 36.4 Å². The van der Waals surface area contributed by atoms with E-state index in [-0.39, 0.29) is 6.04 Å². The summed E-state index contributed by atoms with van der Waals surface area (Å²) in [6.45, 7) is 2.09. The van der Waals surface area contributed by atoms with Crippen LogP contribution in [0.15, 0.2) is 84.0 Å². The molecule has 0 spiro atoms. The third-order valence-corrected chi connectivity index (χ3v) is 5.63. The van der Waals surface area contributed by atoms with Crippen molar-refractivity contribution < 1.29 is 0 Å². The van der Waals surface area contributed by atoms with Gasteiger partial charge in [-0.25, -0.2) is 4.98 Å². The summed E-state index contributed by atoms with van der Waals surface area (Å²) in [6.07, 6.45) is 2.06. The number of pyridine rings is 1. The van der Waals surface area contributed by atoms with Crippen molar-refractivity contribution in [1.82, 2.24) is 9.38 Å². The molecule has 2 N–H and O–H groups in total. The maximum absolute atomic E-state index is 6.44. The van der Waals surface area contributed by atoms with E-state index >= 15 is 0 Å². The van der Waals surface area contributed by atoms with Gasteiger partial charge >= 0.3 is 0 Å².